The summed E-state index contributed by atoms with van der Waals surface area (Å²) >= 11 is 0. The molecular formula is C14H21N3O3. The van der Waals surface area contributed by atoms with Crippen molar-refractivity contribution in [2.45, 2.75) is 26.8 Å². The van der Waals surface area contributed by atoms with Crippen molar-refractivity contribution in [1.29, 1.82) is 0 Å². The number of amides is 2. The van der Waals surface area contributed by atoms with Crippen LogP contribution in [-0.4, -0.2) is 53.8 Å². The fourth-order valence-corrected chi connectivity index (χ4v) is 2.43. The van der Waals surface area contributed by atoms with Crippen LogP contribution in [0.5, 0.6) is 0 Å². The lowest BCUT2D eigenvalue weighted by molar-refractivity contribution is -0.133. The van der Waals surface area contributed by atoms with Gasteiger partial charge in [-0.2, -0.15) is 0 Å². The molecule has 6 nitrogen and oxygen atoms in total. The lowest BCUT2D eigenvalue weighted by Gasteiger charge is -2.35. The fourth-order valence-electron chi connectivity index (χ4n) is 2.43. The number of furan rings is 1. The van der Waals surface area contributed by atoms with Crippen LogP contribution < -0.4 is 5.73 Å². The molecule has 2 N–H and O–H groups in total. The molecule has 2 amide bonds. The number of nitrogens with two attached hydrogens (primary N) is 1. The van der Waals surface area contributed by atoms with E-state index in [4.69, 9.17) is 10.2 Å². The van der Waals surface area contributed by atoms with Crippen molar-refractivity contribution >= 4 is 11.8 Å². The standard InChI is InChI=1S/C14H21N3O3/c1-9-8-12(11(3)20-9)14(19)17-6-4-16(5-7-17)13(18)10(2)15/h8,10H,4-7,15H2,1-3H3/t10-/m0/s1. The maximum Gasteiger partial charge on any atom is 0.257 e. The second-order valence-electron chi connectivity index (χ2n) is 5.23. The molecule has 1 fully saturated rings. The average Bonchev–Trinajstić information content (AvgIpc) is 2.76. The molecular weight excluding hydrogens is 258 g/mol. The van der Waals surface area contributed by atoms with E-state index < -0.39 is 6.04 Å². The summed E-state index contributed by atoms with van der Waals surface area (Å²) in [4.78, 5) is 27.6. The van der Waals surface area contributed by atoms with Crippen LogP contribution in [0, 0.1) is 13.8 Å². The molecule has 1 aromatic rings. The van der Waals surface area contributed by atoms with Crippen LogP contribution in [0.3, 0.4) is 0 Å². The van der Waals surface area contributed by atoms with Crippen LogP contribution in [0.1, 0.15) is 28.8 Å². The van der Waals surface area contributed by atoms with Gasteiger partial charge in [-0.3, -0.25) is 9.59 Å². The minimum Gasteiger partial charge on any atom is -0.466 e. The maximum absolute atomic E-state index is 12.4. The zero-order valence-electron chi connectivity index (χ0n) is 12.2. The van der Waals surface area contributed by atoms with Gasteiger partial charge in [0.1, 0.15) is 11.5 Å². The molecule has 0 aromatic carbocycles. The fraction of sp³-hybridized carbons (Fsp3) is 0.571. The number of hydrogen-bond donors (Lipinski definition) is 1. The normalized spacial score (nSPS) is 17.2. The number of aryl methyl sites for hydroxylation is 2. The first-order chi connectivity index (χ1) is 9.40. The minimum absolute atomic E-state index is 0.0350. The van der Waals surface area contributed by atoms with E-state index in [9.17, 15) is 9.59 Å². The van der Waals surface area contributed by atoms with Crippen LogP contribution in [-0.2, 0) is 4.79 Å². The molecule has 1 atom stereocenters. The molecule has 0 spiro atoms. The highest BCUT2D eigenvalue weighted by Crippen LogP contribution is 2.17. The zero-order chi connectivity index (χ0) is 14.9. The summed E-state index contributed by atoms with van der Waals surface area (Å²) in [6.45, 7) is 7.41. The van der Waals surface area contributed by atoms with Gasteiger partial charge in [0.15, 0.2) is 0 Å². The number of carbonyl (C=O) groups is 2. The SMILES string of the molecule is Cc1cc(C(=O)N2CCN(C(=O)[C@H](C)N)CC2)c(C)o1. The minimum atomic E-state index is -0.490. The highest BCUT2D eigenvalue weighted by Gasteiger charge is 2.27. The number of rotatable bonds is 2. The van der Waals surface area contributed by atoms with Gasteiger partial charge < -0.3 is 20.0 Å². The Balaban J connectivity index is 1.99. The summed E-state index contributed by atoms with van der Waals surface area (Å²) in [5.41, 5.74) is 6.20. The number of carbonyl (C=O) groups excluding carboxylic acids is 2. The Morgan fingerprint density at radius 2 is 1.75 bits per heavy atom. The first-order valence-corrected chi connectivity index (χ1v) is 6.81. The van der Waals surface area contributed by atoms with E-state index in [-0.39, 0.29) is 11.8 Å². The maximum atomic E-state index is 12.4. The van der Waals surface area contributed by atoms with Gasteiger partial charge in [-0.1, -0.05) is 0 Å². The number of piperazine rings is 1. The summed E-state index contributed by atoms with van der Waals surface area (Å²) in [5.74, 6) is 1.28. The molecule has 1 saturated heterocycles. The molecule has 0 unspecified atom stereocenters. The highest BCUT2D eigenvalue weighted by molar-refractivity contribution is 5.95. The van der Waals surface area contributed by atoms with E-state index in [1.807, 2.05) is 6.92 Å². The number of hydrogen-bond acceptors (Lipinski definition) is 4. The molecule has 20 heavy (non-hydrogen) atoms. The predicted octanol–water partition coefficient (Wildman–Crippen LogP) is 0.528. The summed E-state index contributed by atoms with van der Waals surface area (Å²) < 4.78 is 5.39. The van der Waals surface area contributed by atoms with Crippen molar-refractivity contribution in [3.63, 3.8) is 0 Å². The Morgan fingerprint density at radius 3 is 2.20 bits per heavy atom. The van der Waals surface area contributed by atoms with Crippen LogP contribution in [0.2, 0.25) is 0 Å². The quantitative estimate of drug-likeness (QED) is 0.856. The van der Waals surface area contributed by atoms with E-state index in [0.717, 1.165) is 5.76 Å². The third-order valence-corrected chi connectivity index (χ3v) is 3.54. The van der Waals surface area contributed by atoms with Gasteiger partial charge in [-0.05, 0) is 26.8 Å². The molecule has 0 bridgehead atoms. The Hall–Kier alpha value is -1.82. The van der Waals surface area contributed by atoms with E-state index in [1.54, 1.807) is 29.7 Å². The molecule has 0 saturated carbocycles. The molecule has 2 heterocycles. The average molecular weight is 279 g/mol. The van der Waals surface area contributed by atoms with E-state index in [2.05, 4.69) is 0 Å². The summed E-state index contributed by atoms with van der Waals surface area (Å²) in [7, 11) is 0. The van der Waals surface area contributed by atoms with Gasteiger partial charge >= 0.3 is 0 Å². The van der Waals surface area contributed by atoms with Gasteiger partial charge in [0.25, 0.3) is 5.91 Å². The molecule has 0 radical (unpaired) electrons. The Morgan fingerprint density at radius 1 is 1.20 bits per heavy atom. The van der Waals surface area contributed by atoms with Crippen molar-refractivity contribution in [2.24, 2.45) is 5.73 Å². The van der Waals surface area contributed by atoms with Crippen LogP contribution in [0.15, 0.2) is 10.5 Å². The van der Waals surface area contributed by atoms with E-state index in [1.165, 1.54) is 0 Å². The molecule has 0 aliphatic carbocycles. The van der Waals surface area contributed by atoms with Crippen LogP contribution in [0.25, 0.3) is 0 Å². The largest absolute Gasteiger partial charge is 0.466 e. The molecule has 6 heteroatoms. The summed E-state index contributed by atoms with van der Waals surface area (Å²) in [6.07, 6.45) is 0. The Kier molecular flexibility index (Phi) is 4.13. The molecule has 1 aromatic heterocycles. The monoisotopic (exact) mass is 279 g/mol. The molecule has 2 rings (SSSR count). The first-order valence-electron chi connectivity index (χ1n) is 6.81. The lowest BCUT2D eigenvalue weighted by atomic mass is 10.2. The zero-order valence-corrected chi connectivity index (χ0v) is 12.2. The van der Waals surface area contributed by atoms with Gasteiger partial charge in [-0.15, -0.1) is 0 Å². The van der Waals surface area contributed by atoms with Crippen molar-refractivity contribution in [1.82, 2.24) is 9.80 Å². The van der Waals surface area contributed by atoms with Gasteiger partial charge in [0.2, 0.25) is 5.91 Å². The second-order valence-corrected chi connectivity index (χ2v) is 5.23. The van der Waals surface area contributed by atoms with Gasteiger partial charge in [0.05, 0.1) is 11.6 Å². The van der Waals surface area contributed by atoms with E-state index in [0.29, 0.717) is 37.5 Å². The van der Waals surface area contributed by atoms with Gasteiger partial charge in [-0.25, -0.2) is 0 Å². The van der Waals surface area contributed by atoms with E-state index >= 15 is 0 Å². The third-order valence-electron chi connectivity index (χ3n) is 3.54. The topological polar surface area (TPSA) is 79.8 Å². The summed E-state index contributed by atoms with van der Waals surface area (Å²) in [6, 6.07) is 1.27. The van der Waals surface area contributed by atoms with Crippen molar-refractivity contribution in [3.05, 3.63) is 23.2 Å². The molecule has 1 aliphatic heterocycles. The first kappa shape index (κ1) is 14.6. The molecule has 110 valence electrons. The highest BCUT2D eigenvalue weighted by atomic mass is 16.3. The van der Waals surface area contributed by atoms with Crippen molar-refractivity contribution < 1.29 is 14.0 Å². The van der Waals surface area contributed by atoms with Crippen molar-refractivity contribution in [2.75, 3.05) is 26.2 Å². The lowest BCUT2D eigenvalue weighted by Crippen LogP contribution is -2.53. The smallest absolute Gasteiger partial charge is 0.257 e. The predicted molar refractivity (Wildman–Crippen MR) is 74.3 cm³/mol. The number of nitrogens with zero attached hydrogens (tertiary/aromatic N) is 2. The summed E-state index contributed by atoms with van der Waals surface area (Å²) in [5, 5.41) is 0. The van der Waals surface area contributed by atoms with Crippen LogP contribution in [0.4, 0.5) is 0 Å². The Labute approximate surface area is 118 Å². The van der Waals surface area contributed by atoms with Crippen LogP contribution >= 0.6 is 0 Å². The second kappa shape index (κ2) is 5.66. The van der Waals surface area contributed by atoms with Crippen molar-refractivity contribution in [3.8, 4) is 0 Å². The van der Waals surface area contributed by atoms with Gasteiger partial charge in [0, 0.05) is 26.2 Å². The Bertz CT molecular complexity index is 514. The molecule has 1 aliphatic rings. The third kappa shape index (κ3) is 2.85.